The van der Waals surface area contributed by atoms with Crippen LogP contribution in [-0.4, -0.2) is 31.3 Å². The summed E-state index contributed by atoms with van der Waals surface area (Å²) < 4.78 is 23.5. The number of ether oxygens (including phenoxy) is 2. The first-order valence-corrected chi connectivity index (χ1v) is 10.6. The van der Waals surface area contributed by atoms with Crippen LogP contribution in [0.5, 0.6) is 11.5 Å². The molecule has 2 amide bonds. The Bertz CT molecular complexity index is 1110. The molecule has 0 heterocycles. The van der Waals surface area contributed by atoms with Crippen molar-refractivity contribution in [1.82, 2.24) is 0 Å². The van der Waals surface area contributed by atoms with Crippen molar-refractivity contribution in [3.63, 3.8) is 0 Å². The number of amides is 2. The molecule has 32 heavy (non-hydrogen) atoms. The van der Waals surface area contributed by atoms with E-state index in [9.17, 15) is 14.0 Å². The van der Waals surface area contributed by atoms with E-state index in [-0.39, 0.29) is 17.6 Å². The van der Waals surface area contributed by atoms with E-state index < -0.39 is 5.25 Å². The van der Waals surface area contributed by atoms with E-state index in [1.54, 1.807) is 43.3 Å². The third-order valence-corrected chi connectivity index (χ3v) is 5.63. The third-order valence-electron chi connectivity index (χ3n) is 4.53. The van der Waals surface area contributed by atoms with E-state index in [2.05, 4.69) is 10.6 Å². The molecule has 3 rings (SSSR count). The number of nitrogens with one attached hydrogen (secondary N) is 2. The Morgan fingerprint density at radius 2 is 1.59 bits per heavy atom. The zero-order valence-corrected chi connectivity index (χ0v) is 18.7. The molecule has 0 aliphatic rings. The molecule has 0 fully saturated rings. The molecule has 0 saturated heterocycles. The molecule has 6 nitrogen and oxygen atoms in total. The van der Waals surface area contributed by atoms with Crippen molar-refractivity contribution in [2.75, 3.05) is 24.9 Å². The lowest BCUT2D eigenvalue weighted by molar-refractivity contribution is -0.115. The van der Waals surface area contributed by atoms with Gasteiger partial charge in [-0.2, -0.15) is 0 Å². The van der Waals surface area contributed by atoms with E-state index >= 15 is 0 Å². The summed E-state index contributed by atoms with van der Waals surface area (Å²) in [6.07, 6.45) is 0. The molecule has 3 aromatic carbocycles. The Morgan fingerprint density at radius 3 is 2.28 bits per heavy atom. The summed E-state index contributed by atoms with van der Waals surface area (Å²) in [5.41, 5.74) is 1.55. The van der Waals surface area contributed by atoms with Crippen molar-refractivity contribution < 1.29 is 23.5 Å². The van der Waals surface area contributed by atoms with Crippen LogP contribution in [-0.2, 0) is 4.79 Å². The van der Waals surface area contributed by atoms with Crippen molar-refractivity contribution in [1.29, 1.82) is 0 Å². The van der Waals surface area contributed by atoms with E-state index in [0.29, 0.717) is 28.4 Å². The van der Waals surface area contributed by atoms with Crippen LogP contribution in [0.1, 0.15) is 17.3 Å². The number of methoxy groups -OCH3 is 2. The van der Waals surface area contributed by atoms with Crippen LogP contribution in [0, 0.1) is 5.82 Å². The summed E-state index contributed by atoms with van der Waals surface area (Å²) in [4.78, 5) is 25.9. The number of rotatable bonds is 8. The number of hydrogen-bond acceptors (Lipinski definition) is 5. The van der Waals surface area contributed by atoms with Gasteiger partial charge in [0.1, 0.15) is 5.82 Å². The first-order valence-electron chi connectivity index (χ1n) is 9.76. The zero-order chi connectivity index (χ0) is 23.1. The summed E-state index contributed by atoms with van der Waals surface area (Å²) in [7, 11) is 3.04. The predicted molar refractivity (Wildman–Crippen MR) is 124 cm³/mol. The number of benzene rings is 3. The molecule has 0 aliphatic heterocycles. The standard InChI is InChI=1S/C24H23FN2O4S/c1-15(23(28)26-18-10-8-17(25)9-11-18)32-20-6-4-5-19(14-20)27-24(29)16-7-12-21(30-2)22(13-16)31-3/h4-15H,1-3H3,(H,26,28)(H,27,29). The Kier molecular flexibility index (Phi) is 7.72. The second-order valence-electron chi connectivity index (χ2n) is 6.81. The van der Waals surface area contributed by atoms with Gasteiger partial charge in [-0.05, 0) is 67.6 Å². The highest BCUT2D eigenvalue weighted by Crippen LogP contribution is 2.29. The molecule has 8 heteroatoms. The molecule has 0 spiro atoms. The highest BCUT2D eigenvalue weighted by Gasteiger charge is 2.16. The highest BCUT2D eigenvalue weighted by molar-refractivity contribution is 8.00. The summed E-state index contributed by atoms with van der Waals surface area (Å²) >= 11 is 1.35. The van der Waals surface area contributed by atoms with Crippen LogP contribution >= 0.6 is 11.8 Å². The van der Waals surface area contributed by atoms with Gasteiger partial charge < -0.3 is 20.1 Å². The van der Waals surface area contributed by atoms with Crippen LogP contribution in [0.25, 0.3) is 0 Å². The minimum absolute atomic E-state index is 0.207. The number of hydrogen-bond donors (Lipinski definition) is 2. The van der Waals surface area contributed by atoms with Gasteiger partial charge in [-0.3, -0.25) is 9.59 Å². The van der Waals surface area contributed by atoms with Crippen LogP contribution in [0.2, 0.25) is 0 Å². The molecule has 166 valence electrons. The highest BCUT2D eigenvalue weighted by atomic mass is 32.2. The van der Waals surface area contributed by atoms with Gasteiger partial charge in [-0.25, -0.2) is 4.39 Å². The van der Waals surface area contributed by atoms with Crippen LogP contribution in [0.4, 0.5) is 15.8 Å². The number of halogens is 1. The molecule has 0 saturated carbocycles. The predicted octanol–water partition coefficient (Wildman–Crippen LogP) is 5.21. The second kappa shape index (κ2) is 10.7. The minimum atomic E-state index is -0.406. The maximum absolute atomic E-state index is 13.0. The van der Waals surface area contributed by atoms with Crippen molar-refractivity contribution >= 4 is 35.0 Å². The van der Waals surface area contributed by atoms with E-state index in [1.807, 2.05) is 6.07 Å². The number of carbonyl (C=O) groups excluding carboxylic acids is 2. The zero-order valence-electron chi connectivity index (χ0n) is 17.8. The maximum atomic E-state index is 13.0. The van der Waals surface area contributed by atoms with E-state index in [4.69, 9.17) is 9.47 Å². The van der Waals surface area contributed by atoms with Crippen LogP contribution < -0.4 is 20.1 Å². The van der Waals surface area contributed by atoms with Crippen LogP contribution in [0.15, 0.2) is 71.6 Å². The van der Waals surface area contributed by atoms with E-state index in [1.165, 1.54) is 50.2 Å². The Morgan fingerprint density at radius 1 is 0.875 bits per heavy atom. The molecular weight excluding hydrogens is 431 g/mol. The molecule has 2 N–H and O–H groups in total. The second-order valence-corrected chi connectivity index (χ2v) is 8.22. The van der Waals surface area contributed by atoms with Crippen molar-refractivity contribution in [3.8, 4) is 11.5 Å². The third kappa shape index (κ3) is 6.01. The van der Waals surface area contributed by atoms with Crippen molar-refractivity contribution in [3.05, 3.63) is 78.1 Å². The molecule has 0 aromatic heterocycles. The minimum Gasteiger partial charge on any atom is -0.493 e. The Hall–Kier alpha value is -3.52. The fourth-order valence-corrected chi connectivity index (χ4v) is 3.79. The quantitative estimate of drug-likeness (QED) is 0.457. The van der Waals surface area contributed by atoms with Gasteiger partial charge in [0.05, 0.1) is 19.5 Å². The molecule has 1 unspecified atom stereocenters. The Balaban J connectivity index is 1.64. The smallest absolute Gasteiger partial charge is 0.255 e. The van der Waals surface area contributed by atoms with Gasteiger partial charge in [0.2, 0.25) is 5.91 Å². The fourth-order valence-electron chi connectivity index (χ4n) is 2.86. The maximum Gasteiger partial charge on any atom is 0.255 e. The largest absolute Gasteiger partial charge is 0.493 e. The normalized spacial score (nSPS) is 11.4. The van der Waals surface area contributed by atoms with Gasteiger partial charge in [-0.1, -0.05) is 6.07 Å². The molecule has 3 aromatic rings. The fraction of sp³-hybridized carbons (Fsp3) is 0.167. The monoisotopic (exact) mass is 454 g/mol. The van der Waals surface area contributed by atoms with Gasteiger partial charge >= 0.3 is 0 Å². The van der Waals surface area contributed by atoms with E-state index in [0.717, 1.165) is 4.90 Å². The van der Waals surface area contributed by atoms with Gasteiger partial charge in [0.25, 0.3) is 5.91 Å². The topological polar surface area (TPSA) is 76.7 Å². The molecule has 0 aliphatic carbocycles. The van der Waals surface area contributed by atoms with Crippen molar-refractivity contribution in [2.45, 2.75) is 17.1 Å². The summed E-state index contributed by atoms with van der Waals surface area (Å²) in [5, 5.41) is 5.20. The lowest BCUT2D eigenvalue weighted by Gasteiger charge is -2.13. The molecule has 0 bridgehead atoms. The molecule has 1 atom stereocenters. The summed E-state index contributed by atoms with van der Waals surface area (Å²) in [6, 6.07) is 17.7. The molecular formula is C24H23FN2O4S. The average Bonchev–Trinajstić information content (AvgIpc) is 2.80. The Labute approximate surface area is 190 Å². The first kappa shape index (κ1) is 23.1. The first-order chi connectivity index (χ1) is 15.4. The lowest BCUT2D eigenvalue weighted by Crippen LogP contribution is -2.22. The van der Waals surface area contributed by atoms with Gasteiger partial charge in [0, 0.05) is 21.8 Å². The summed E-state index contributed by atoms with van der Waals surface area (Å²) in [6.45, 7) is 1.78. The van der Waals surface area contributed by atoms with Crippen LogP contribution in [0.3, 0.4) is 0 Å². The number of thioether (sulfide) groups is 1. The number of anilines is 2. The summed E-state index contributed by atoms with van der Waals surface area (Å²) in [5.74, 6) is 0.134. The van der Waals surface area contributed by atoms with Gasteiger partial charge in [-0.15, -0.1) is 11.8 Å². The molecule has 0 radical (unpaired) electrons. The number of carbonyl (C=O) groups is 2. The lowest BCUT2D eigenvalue weighted by atomic mass is 10.2. The van der Waals surface area contributed by atoms with Gasteiger partial charge in [0.15, 0.2) is 11.5 Å². The average molecular weight is 455 g/mol. The SMILES string of the molecule is COc1ccc(C(=O)Nc2cccc(SC(C)C(=O)Nc3ccc(F)cc3)c2)cc1OC. The van der Waals surface area contributed by atoms with Crippen molar-refractivity contribution in [2.24, 2.45) is 0 Å².